The molecule has 6 heteroatoms. The average molecular weight is 853 g/mol. The first-order chi connectivity index (χ1) is 32.5. The van der Waals surface area contributed by atoms with Crippen LogP contribution in [0.4, 0.5) is 0 Å². The third-order valence-electron chi connectivity index (χ3n) is 12.6. The summed E-state index contributed by atoms with van der Waals surface area (Å²) < 4.78 is 1.90. The molecule has 0 unspecified atom stereocenters. The van der Waals surface area contributed by atoms with Gasteiger partial charge >= 0.3 is 0 Å². The van der Waals surface area contributed by atoms with Gasteiger partial charge in [0.25, 0.3) is 0 Å². The molecule has 1 heterocycles. The van der Waals surface area contributed by atoms with E-state index < -0.39 is 6.04 Å². The predicted molar refractivity (Wildman–Crippen MR) is 274 cm³/mol. The molecule has 0 saturated heterocycles. The number of phenolic OH excluding ortho intramolecular Hbond substituents is 2. The molecule has 2 N–H and O–H groups in total. The lowest BCUT2D eigenvalue weighted by Gasteiger charge is -2.19. The Bertz CT molecular complexity index is 3670. The van der Waals surface area contributed by atoms with Gasteiger partial charge in [0.1, 0.15) is 17.5 Å². The number of aromatic hydroxyl groups is 2. The molecule has 0 aliphatic heterocycles. The molecule has 0 fully saturated rings. The molecule has 0 radical (unpaired) electrons. The zero-order chi connectivity index (χ0) is 44.6. The molecule has 1 atom stereocenters. The molecule has 0 amide bonds. The maximum Gasteiger partial charge on any atom is 0.132 e. The van der Waals surface area contributed by atoms with Gasteiger partial charge in [0.05, 0.1) is 18.6 Å². The van der Waals surface area contributed by atoms with Crippen LogP contribution in [-0.2, 0) is 7.05 Å². The maximum absolute atomic E-state index is 12.5. The Hall–Kier alpha value is -8.61. The molecule has 10 aromatic carbocycles. The van der Waals surface area contributed by atoms with E-state index in [1.165, 1.54) is 0 Å². The highest BCUT2D eigenvalue weighted by atomic mass is 16.3. The van der Waals surface area contributed by atoms with E-state index in [0.29, 0.717) is 11.1 Å². The molecule has 0 spiro atoms. The minimum Gasteiger partial charge on any atom is -0.507 e. The number of fused-ring (bicyclic) bond motifs is 4. The van der Waals surface area contributed by atoms with Gasteiger partial charge in [0.15, 0.2) is 0 Å². The number of phenols is 2. The normalized spacial score (nSPS) is 12.3. The van der Waals surface area contributed by atoms with Gasteiger partial charge in [-0.25, -0.2) is 4.98 Å². The van der Waals surface area contributed by atoms with Crippen LogP contribution in [-0.4, -0.2) is 38.7 Å². The van der Waals surface area contributed by atoms with Crippen LogP contribution in [0.15, 0.2) is 217 Å². The van der Waals surface area contributed by atoms with Crippen molar-refractivity contribution in [3.63, 3.8) is 0 Å². The Morgan fingerprint density at radius 2 is 0.909 bits per heavy atom. The van der Waals surface area contributed by atoms with Gasteiger partial charge < -0.3 is 14.8 Å². The van der Waals surface area contributed by atoms with E-state index in [9.17, 15) is 10.2 Å². The highest BCUT2D eigenvalue weighted by Gasteiger charge is 2.23. The fourth-order valence-corrected chi connectivity index (χ4v) is 9.46. The number of rotatable bonds is 10. The van der Waals surface area contributed by atoms with Crippen molar-refractivity contribution in [1.29, 1.82) is 0 Å². The highest BCUT2D eigenvalue weighted by molar-refractivity contribution is 6.16. The fraction of sp³-hybridized carbons (Fsp3) is 0.0500. The van der Waals surface area contributed by atoms with Crippen LogP contribution in [0.1, 0.15) is 22.9 Å². The largest absolute Gasteiger partial charge is 0.507 e. The summed E-state index contributed by atoms with van der Waals surface area (Å²) in [5.74, 6) is 0.298. The van der Waals surface area contributed by atoms with Crippen molar-refractivity contribution in [1.82, 2.24) is 9.55 Å². The summed E-state index contributed by atoms with van der Waals surface area (Å²) in [7, 11) is 1.93. The van der Waals surface area contributed by atoms with Crippen molar-refractivity contribution in [2.75, 3.05) is 6.54 Å². The molecule has 66 heavy (non-hydrogen) atoms. The lowest BCUT2D eigenvalue weighted by atomic mass is 9.86. The topological polar surface area (TPSA) is 83.0 Å². The van der Waals surface area contributed by atoms with E-state index in [2.05, 4.69) is 97.1 Å². The van der Waals surface area contributed by atoms with Gasteiger partial charge in [0.2, 0.25) is 0 Å². The van der Waals surface area contributed by atoms with E-state index in [-0.39, 0.29) is 18.0 Å². The van der Waals surface area contributed by atoms with Crippen LogP contribution >= 0.6 is 0 Å². The zero-order valence-corrected chi connectivity index (χ0v) is 36.3. The second-order valence-corrected chi connectivity index (χ2v) is 16.7. The highest BCUT2D eigenvalue weighted by Crippen LogP contribution is 2.48. The number of hydrogen-bond donors (Lipinski definition) is 2. The van der Waals surface area contributed by atoms with Gasteiger partial charge in [-0.05, 0) is 77.5 Å². The number of nitrogens with zero attached hydrogens (tertiary/aromatic N) is 4. The fourth-order valence-electron chi connectivity index (χ4n) is 9.46. The minimum atomic E-state index is -0.501. The van der Waals surface area contributed by atoms with Crippen molar-refractivity contribution in [3.05, 3.63) is 223 Å². The molecule has 11 aromatic rings. The van der Waals surface area contributed by atoms with Crippen molar-refractivity contribution < 1.29 is 10.2 Å². The van der Waals surface area contributed by atoms with Crippen LogP contribution in [0.5, 0.6) is 11.5 Å². The summed E-state index contributed by atoms with van der Waals surface area (Å²) in [6.45, 7) is 0.237. The lowest BCUT2D eigenvalue weighted by Crippen LogP contribution is -2.03. The van der Waals surface area contributed by atoms with Crippen LogP contribution in [0.25, 0.3) is 87.6 Å². The number of benzene rings is 10. The number of aromatic nitrogens is 2. The predicted octanol–water partition coefficient (Wildman–Crippen LogP) is 14.4. The Balaban J connectivity index is 1.02. The number of imidazole rings is 1. The Morgan fingerprint density at radius 3 is 1.38 bits per heavy atom. The molecule has 1 aromatic heterocycles. The third kappa shape index (κ3) is 7.34. The van der Waals surface area contributed by atoms with Crippen molar-refractivity contribution in [2.24, 2.45) is 17.0 Å². The van der Waals surface area contributed by atoms with Crippen LogP contribution in [0, 0.1) is 0 Å². The molecule has 316 valence electrons. The average Bonchev–Trinajstić information content (AvgIpc) is 3.81. The van der Waals surface area contributed by atoms with Gasteiger partial charge in [-0.1, -0.05) is 182 Å². The summed E-state index contributed by atoms with van der Waals surface area (Å²) in [4.78, 5) is 14.8. The van der Waals surface area contributed by atoms with Gasteiger partial charge in [-0.3, -0.25) is 9.98 Å². The van der Waals surface area contributed by atoms with Crippen molar-refractivity contribution in [3.8, 4) is 56.0 Å². The molecule has 11 rings (SSSR count). The van der Waals surface area contributed by atoms with E-state index in [4.69, 9.17) is 15.0 Å². The standard InChI is InChI=1S/C60H44N4O2/c1-64-37-54(63-38-64)53(62-35-46-33-44-23-11-15-27-50(44)58(60(46)66)56-48-25-13-9-21-42(48)29-31-52(56)40-18-6-3-7-19-40)36-61-34-45-32-43-22-10-14-26-49(43)57(59(45)65)55-47-24-12-8-20-41(47)28-30-51(55)39-16-4-2-5-17-39/h2-35,37-38,53,65-66H,36H2,1H3/t53-/m1/s1. The van der Waals surface area contributed by atoms with Crippen LogP contribution in [0.3, 0.4) is 0 Å². The first kappa shape index (κ1) is 40.2. The summed E-state index contributed by atoms with van der Waals surface area (Å²) >= 11 is 0. The number of aliphatic imine (C=N–C) groups is 2. The van der Waals surface area contributed by atoms with Gasteiger partial charge in [-0.2, -0.15) is 0 Å². The Labute approximate surface area is 382 Å². The summed E-state index contributed by atoms with van der Waals surface area (Å²) in [5, 5.41) is 33.1. The smallest absolute Gasteiger partial charge is 0.132 e. The lowest BCUT2D eigenvalue weighted by molar-refractivity contribution is 0.476. The SMILES string of the molecule is Cn1cnc([C@@H](CN=Cc2cc3ccccc3c(-c3c(-c4ccccc4)ccc4ccccc34)c2O)N=Cc2cc3ccccc3c(-c3c(-c4ccccc4)ccc4ccccc34)c2O)c1. The third-order valence-corrected chi connectivity index (χ3v) is 12.6. The summed E-state index contributed by atoms with van der Waals surface area (Å²) in [5.41, 5.74) is 9.54. The van der Waals surface area contributed by atoms with E-state index in [0.717, 1.165) is 93.3 Å². The van der Waals surface area contributed by atoms with Gasteiger partial charge in [-0.15, -0.1) is 0 Å². The van der Waals surface area contributed by atoms with Gasteiger partial charge in [0, 0.05) is 59.1 Å². The maximum atomic E-state index is 12.5. The van der Waals surface area contributed by atoms with E-state index in [1.807, 2.05) is 115 Å². The molecule has 0 aliphatic rings. The van der Waals surface area contributed by atoms with E-state index in [1.54, 1.807) is 18.8 Å². The second kappa shape index (κ2) is 17.2. The van der Waals surface area contributed by atoms with Crippen LogP contribution in [0.2, 0.25) is 0 Å². The number of hydrogen-bond acceptors (Lipinski definition) is 5. The first-order valence-corrected chi connectivity index (χ1v) is 22.2. The molecule has 0 aliphatic carbocycles. The quantitative estimate of drug-likeness (QED) is 0.134. The monoisotopic (exact) mass is 852 g/mol. The Morgan fingerprint density at radius 1 is 0.485 bits per heavy atom. The Kier molecular flexibility index (Phi) is 10.5. The van der Waals surface area contributed by atoms with Crippen molar-refractivity contribution >= 4 is 55.5 Å². The van der Waals surface area contributed by atoms with E-state index >= 15 is 0 Å². The molecule has 0 bridgehead atoms. The first-order valence-electron chi connectivity index (χ1n) is 22.2. The van der Waals surface area contributed by atoms with Crippen molar-refractivity contribution in [2.45, 2.75) is 6.04 Å². The summed E-state index contributed by atoms with van der Waals surface area (Å²) in [6, 6.07) is 65.8. The molecular formula is C60H44N4O2. The second-order valence-electron chi connectivity index (χ2n) is 16.7. The summed E-state index contributed by atoms with van der Waals surface area (Å²) in [6.07, 6.45) is 7.21. The zero-order valence-electron chi connectivity index (χ0n) is 36.3. The van der Waals surface area contributed by atoms with Crippen LogP contribution < -0.4 is 0 Å². The molecular weight excluding hydrogens is 809 g/mol. The minimum absolute atomic E-state index is 0.145. The molecule has 0 saturated carbocycles. The number of aryl methyl sites for hydroxylation is 1. The molecule has 6 nitrogen and oxygen atoms in total.